The van der Waals surface area contributed by atoms with E-state index in [4.69, 9.17) is 0 Å². The summed E-state index contributed by atoms with van der Waals surface area (Å²) in [6.07, 6.45) is 3.63. The number of fused-ring (bicyclic) bond motifs is 1. The van der Waals surface area contributed by atoms with Crippen molar-refractivity contribution < 1.29 is 0 Å². The van der Waals surface area contributed by atoms with Crippen LogP contribution < -0.4 is 5.32 Å². The minimum absolute atomic E-state index is 0.734. The van der Waals surface area contributed by atoms with E-state index in [1.165, 1.54) is 5.56 Å². The maximum atomic E-state index is 4.44. The third-order valence-corrected chi connectivity index (χ3v) is 3.40. The minimum atomic E-state index is 0.734. The number of nitrogens with zero attached hydrogens (tertiary/aromatic N) is 2. The maximum absolute atomic E-state index is 4.44. The summed E-state index contributed by atoms with van der Waals surface area (Å²) in [5.41, 5.74) is 3.22. The molecule has 0 saturated heterocycles. The lowest BCUT2D eigenvalue weighted by Crippen LogP contribution is -2.01. The summed E-state index contributed by atoms with van der Waals surface area (Å²) < 4.78 is 0.838. The Morgan fingerprint density at radius 2 is 1.89 bits per heavy atom. The van der Waals surface area contributed by atoms with E-state index in [0.29, 0.717) is 0 Å². The molecule has 1 N–H and O–H groups in total. The fraction of sp³-hybridized carbons (Fsp3) is 0.0667. The first-order valence-corrected chi connectivity index (χ1v) is 6.80. The number of nitrogens with one attached hydrogen (secondary N) is 1. The average molecular weight is 314 g/mol. The third kappa shape index (κ3) is 2.74. The van der Waals surface area contributed by atoms with Gasteiger partial charge in [0.1, 0.15) is 4.60 Å². The number of benzene rings is 1. The lowest BCUT2D eigenvalue weighted by Gasteiger charge is -2.08. The van der Waals surface area contributed by atoms with Gasteiger partial charge in [-0.2, -0.15) is 0 Å². The second-order valence-electron chi connectivity index (χ2n) is 4.22. The topological polar surface area (TPSA) is 37.8 Å². The van der Waals surface area contributed by atoms with Crippen LogP contribution in [0.5, 0.6) is 0 Å². The fourth-order valence-corrected chi connectivity index (χ4v) is 2.22. The van der Waals surface area contributed by atoms with E-state index in [9.17, 15) is 0 Å². The summed E-state index contributed by atoms with van der Waals surface area (Å²) >= 11 is 3.33. The SMILES string of the molecule is Brc1ccc(NCc2cccc3cccnc23)cn1. The Labute approximate surface area is 119 Å². The zero-order chi connectivity index (χ0) is 13.1. The smallest absolute Gasteiger partial charge is 0.106 e. The first-order chi connectivity index (χ1) is 9.33. The summed E-state index contributed by atoms with van der Waals surface area (Å²) in [5, 5.41) is 4.52. The summed E-state index contributed by atoms with van der Waals surface area (Å²) in [6.45, 7) is 0.734. The zero-order valence-corrected chi connectivity index (χ0v) is 11.8. The number of pyridine rings is 2. The number of hydrogen-bond donors (Lipinski definition) is 1. The van der Waals surface area contributed by atoms with Crippen LogP contribution >= 0.6 is 15.9 Å². The van der Waals surface area contributed by atoms with Gasteiger partial charge >= 0.3 is 0 Å². The van der Waals surface area contributed by atoms with Gasteiger partial charge in [0.05, 0.1) is 17.4 Å². The average Bonchev–Trinajstić information content (AvgIpc) is 2.47. The van der Waals surface area contributed by atoms with E-state index < -0.39 is 0 Å². The van der Waals surface area contributed by atoms with Crippen molar-refractivity contribution in [3.05, 3.63) is 65.0 Å². The monoisotopic (exact) mass is 313 g/mol. The lowest BCUT2D eigenvalue weighted by atomic mass is 10.1. The Hall–Kier alpha value is -1.94. The summed E-state index contributed by atoms with van der Waals surface area (Å²) in [6, 6.07) is 14.2. The standard InChI is InChI=1S/C15H12BrN3/c16-14-7-6-13(10-19-14)18-9-12-4-1-3-11-5-2-8-17-15(11)12/h1-8,10,18H,9H2. The molecule has 0 fully saturated rings. The molecule has 0 saturated carbocycles. The molecule has 0 radical (unpaired) electrons. The fourth-order valence-electron chi connectivity index (χ4n) is 1.99. The van der Waals surface area contributed by atoms with Crippen molar-refractivity contribution in [2.24, 2.45) is 0 Å². The first-order valence-electron chi connectivity index (χ1n) is 6.01. The Kier molecular flexibility index (Phi) is 3.42. The van der Waals surface area contributed by atoms with E-state index in [2.05, 4.69) is 55.5 Å². The summed E-state index contributed by atoms with van der Waals surface area (Å²) in [5.74, 6) is 0. The number of aromatic nitrogens is 2. The van der Waals surface area contributed by atoms with Gasteiger partial charge < -0.3 is 5.32 Å². The van der Waals surface area contributed by atoms with Crippen molar-refractivity contribution in [1.29, 1.82) is 0 Å². The van der Waals surface area contributed by atoms with Crippen molar-refractivity contribution in [2.45, 2.75) is 6.54 Å². The van der Waals surface area contributed by atoms with Crippen LogP contribution in [0.1, 0.15) is 5.56 Å². The molecule has 0 aliphatic rings. The molecule has 2 heterocycles. The summed E-state index contributed by atoms with van der Waals surface area (Å²) in [4.78, 5) is 8.64. The van der Waals surface area contributed by atoms with Crippen molar-refractivity contribution in [3.63, 3.8) is 0 Å². The van der Waals surface area contributed by atoms with Crippen LogP contribution in [0, 0.1) is 0 Å². The van der Waals surface area contributed by atoms with Crippen LogP contribution in [-0.2, 0) is 6.54 Å². The van der Waals surface area contributed by atoms with E-state index >= 15 is 0 Å². The van der Waals surface area contributed by atoms with Gasteiger partial charge in [-0.15, -0.1) is 0 Å². The molecule has 94 valence electrons. The van der Waals surface area contributed by atoms with Crippen LogP contribution in [-0.4, -0.2) is 9.97 Å². The highest BCUT2D eigenvalue weighted by Gasteiger charge is 2.01. The predicted molar refractivity (Wildman–Crippen MR) is 81.0 cm³/mol. The molecule has 0 spiro atoms. The van der Waals surface area contributed by atoms with Gasteiger partial charge in [0.2, 0.25) is 0 Å². The van der Waals surface area contributed by atoms with Gasteiger partial charge in [0.25, 0.3) is 0 Å². The normalized spacial score (nSPS) is 10.6. The third-order valence-electron chi connectivity index (χ3n) is 2.93. The number of halogens is 1. The minimum Gasteiger partial charge on any atom is -0.380 e. The molecule has 0 aliphatic carbocycles. The Morgan fingerprint density at radius 1 is 1.00 bits per heavy atom. The number of para-hydroxylation sites is 1. The molecule has 3 nitrogen and oxygen atoms in total. The largest absolute Gasteiger partial charge is 0.380 e. The quantitative estimate of drug-likeness (QED) is 0.743. The zero-order valence-electron chi connectivity index (χ0n) is 10.2. The molecule has 0 bridgehead atoms. The maximum Gasteiger partial charge on any atom is 0.106 e. The Balaban J connectivity index is 1.84. The highest BCUT2D eigenvalue weighted by Crippen LogP contribution is 2.17. The molecule has 4 heteroatoms. The molecule has 3 rings (SSSR count). The molecule has 0 unspecified atom stereocenters. The molecule has 1 aromatic carbocycles. The molecular formula is C15H12BrN3. The van der Waals surface area contributed by atoms with Crippen molar-refractivity contribution in [1.82, 2.24) is 9.97 Å². The van der Waals surface area contributed by atoms with Gasteiger partial charge in [-0.05, 0) is 39.7 Å². The molecule has 0 atom stereocenters. The second-order valence-corrected chi connectivity index (χ2v) is 5.03. The highest BCUT2D eigenvalue weighted by molar-refractivity contribution is 9.10. The molecule has 2 aromatic heterocycles. The highest BCUT2D eigenvalue weighted by atomic mass is 79.9. The van der Waals surface area contributed by atoms with Crippen molar-refractivity contribution in [2.75, 3.05) is 5.32 Å². The van der Waals surface area contributed by atoms with Crippen molar-refractivity contribution >= 4 is 32.5 Å². The van der Waals surface area contributed by atoms with Crippen LogP contribution in [0.3, 0.4) is 0 Å². The summed E-state index contributed by atoms with van der Waals surface area (Å²) in [7, 11) is 0. The van der Waals surface area contributed by atoms with Gasteiger partial charge in [0.15, 0.2) is 0 Å². The van der Waals surface area contributed by atoms with Gasteiger partial charge in [-0.3, -0.25) is 4.98 Å². The number of hydrogen-bond acceptors (Lipinski definition) is 3. The Morgan fingerprint density at radius 3 is 2.74 bits per heavy atom. The van der Waals surface area contributed by atoms with Gasteiger partial charge in [0, 0.05) is 18.1 Å². The van der Waals surface area contributed by atoms with Crippen LogP contribution in [0.25, 0.3) is 10.9 Å². The number of rotatable bonds is 3. The van der Waals surface area contributed by atoms with Crippen LogP contribution in [0.2, 0.25) is 0 Å². The van der Waals surface area contributed by atoms with E-state index in [1.807, 2.05) is 30.6 Å². The molecule has 3 aromatic rings. The molecule has 0 aliphatic heterocycles. The molecule has 19 heavy (non-hydrogen) atoms. The van der Waals surface area contributed by atoms with Gasteiger partial charge in [-0.1, -0.05) is 24.3 Å². The first kappa shape index (κ1) is 12.1. The molecular weight excluding hydrogens is 302 g/mol. The lowest BCUT2D eigenvalue weighted by molar-refractivity contribution is 1.14. The van der Waals surface area contributed by atoms with Crippen molar-refractivity contribution in [3.8, 4) is 0 Å². The Bertz CT molecular complexity index is 690. The van der Waals surface area contributed by atoms with E-state index in [-0.39, 0.29) is 0 Å². The number of anilines is 1. The van der Waals surface area contributed by atoms with Crippen LogP contribution in [0.15, 0.2) is 59.5 Å². The van der Waals surface area contributed by atoms with E-state index in [1.54, 1.807) is 0 Å². The van der Waals surface area contributed by atoms with E-state index in [0.717, 1.165) is 27.7 Å². The van der Waals surface area contributed by atoms with Crippen LogP contribution in [0.4, 0.5) is 5.69 Å². The predicted octanol–water partition coefficient (Wildman–Crippen LogP) is 4.00. The molecule has 0 amide bonds. The van der Waals surface area contributed by atoms with Gasteiger partial charge in [-0.25, -0.2) is 4.98 Å². The second kappa shape index (κ2) is 5.36.